The van der Waals surface area contributed by atoms with Gasteiger partial charge in [0.1, 0.15) is 5.84 Å². The Balaban J connectivity index is 2.62. The molecule has 4 nitrogen and oxygen atoms in total. The summed E-state index contributed by atoms with van der Waals surface area (Å²) in [5.74, 6) is 1.88. The highest BCUT2D eigenvalue weighted by molar-refractivity contribution is 7.99. The first kappa shape index (κ1) is 13.9. The van der Waals surface area contributed by atoms with Gasteiger partial charge >= 0.3 is 0 Å². The molecule has 1 atom stereocenters. The molecular formula is C12H18N2O2S. The number of ether oxygens (including phenoxy) is 1. The maximum absolute atomic E-state index is 8.80. The van der Waals surface area contributed by atoms with E-state index in [0.717, 1.165) is 17.1 Å². The number of thioether (sulfide) groups is 1. The van der Waals surface area contributed by atoms with Gasteiger partial charge in [-0.2, -0.15) is 11.8 Å². The maximum Gasteiger partial charge on any atom is 0.147 e. The molecule has 0 aliphatic heterocycles. The van der Waals surface area contributed by atoms with Gasteiger partial charge in [0, 0.05) is 18.6 Å². The lowest BCUT2D eigenvalue weighted by molar-refractivity contribution is 0.218. The zero-order valence-electron chi connectivity index (χ0n) is 9.87. The van der Waals surface area contributed by atoms with E-state index in [1.807, 2.05) is 30.3 Å². The van der Waals surface area contributed by atoms with Crippen LogP contribution in [0.25, 0.3) is 0 Å². The smallest absolute Gasteiger partial charge is 0.147 e. The van der Waals surface area contributed by atoms with Crippen LogP contribution in [0.4, 0.5) is 0 Å². The van der Waals surface area contributed by atoms with Crippen molar-refractivity contribution in [3.63, 3.8) is 0 Å². The lowest BCUT2D eigenvalue weighted by Crippen LogP contribution is -2.24. The van der Waals surface area contributed by atoms with E-state index in [2.05, 4.69) is 5.16 Å². The molecule has 1 aromatic carbocycles. The van der Waals surface area contributed by atoms with Crippen molar-refractivity contribution in [2.75, 3.05) is 25.2 Å². The van der Waals surface area contributed by atoms with Crippen molar-refractivity contribution in [2.24, 2.45) is 10.9 Å². The second-order valence-electron chi connectivity index (χ2n) is 3.56. The number of nitrogens with two attached hydrogens (primary N) is 1. The first-order chi connectivity index (χ1) is 8.29. The molecule has 94 valence electrons. The van der Waals surface area contributed by atoms with E-state index in [-0.39, 0.29) is 11.8 Å². The highest BCUT2D eigenvalue weighted by atomic mass is 32.2. The van der Waals surface area contributed by atoms with Crippen LogP contribution in [-0.2, 0) is 4.74 Å². The van der Waals surface area contributed by atoms with Gasteiger partial charge in [0.15, 0.2) is 0 Å². The second kappa shape index (κ2) is 7.97. The molecule has 0 saturated carbocycles. The minimum absolute atomic E-state index is 0.0527. The summed E-state index contributed by atoms with van der Waals surface area (Å²) >= 11 is 1.73. The maximum atomic E-state index is 8.80. The third-order valence-corrected chi connectivity index (χ3v) is 3.42. The lowest BCUT2D eigenvalue weighted by atomic mass is 10.0. The summed E-state index contributed by atoms with van der Waals surface area (Å²) in [4.78, 5) is 0. The summed E-state index contributed by atoms with van der Waals surface area (Å²) in [6, 6.07) is 9.82. The normalized spacial score (nSPS) is 13.6. The highest BCUT2D eigenvalue weighted by Gasteiger charge is 2.16. The minimum atomic E-state index is -0.0527. The predicted octanol–water partition coefficient (Wildman–Crippen LogP) is 1.90. The van der Waals surface area contributed by atoms with Crippen LogP contribution in [0, 0.1) is 0 Å². The van der Waals surface area contributed by atoms with Gasteiger partial charge in [0.05, 0.1) is 12.5 Å². The summed E-state index contributed by atoms with van der Waals surface area (Å²) in [5.41, 5.74) is 6.78. The Morgan fingerprint density at radius 1 is 1.47 bits per heavy atom. The van der Waals surface area contributed by atoms with Gasteiger partial charge in [-0.1, -0.05) is 35.5 Å². The first-order valence-corrected chi connectivity index (χ1v) is 6.54. The standard InChI is InChI=1S/C12H18N2O2S/c1-16-7-8-17-9-11(12(13)14-15)10-5-3-2-4-6-10/h2-6,11,15H,7-9H2,1H3,(H2,13,14). The Morgan fingerprint density at radius 3 is 2.76 bits per heavy atom. The summed E-state index contributed by atoms with van der Waals surface area (Å²) < 4.78 is 4.98. The molecule has 0 amide bonds. The molecule has 0 heterocycles. The van der Waals surface area contributed by atoms with Crippen LogP contribution in [0.5, 0.6) is 0 Å². The predicted molar refractivity (Wildman–Crippen MR) is 71.8 cm³/mol. The van der Waals surface area contributed by atoms with Gasteiger partial charge in [0.2, 0.25) is 0 Å². The van der Waals surface area contributed by atoms with Gasteiger partial charge in [-0.25, -0.2) is 0 Å². The van der Waals surface area contributed by atoms with Crippen molar-refractivity contribution < 1.29 is 9.94 Å². The molecule has 0 fully saturated rings. The minimum Gasteiger partial charge on any atom is -0.409 e. The molecule has 17 heavy (non-hydrogen) atoms. The largest absolute Gasteiger partial charge is 0.409 e. The molecule has 0 saturated heterocycles. The SMILES string of the molecule is COCCSCC(C(N)=NO)c1ccccc1. The molecule has 0 aliphatic carbocycles. The van der Waals surface area contributed by atoms with Crippen molar-refractivity contribution >= 4 is 17.6 Å². The monoisotopic (exact) mass is 254 g/mol. The molecule has 0 spiro atoms. The number of oxime groups is 1. The first-order valence-electron chi connectivity index (χ1n) is 5.38. The van der Waals surface area contributed by atoms with Crippen LogP contribution in [-0.4, -0.2) is 36.3 Å². The zero-order valence-corrected chi connectivity index (χ0v) is 10.7. The lowest BCUT2D eigenvalue weighted by Gasteiger charge is -2.15. The van der Waals surface area contributed by atoms with Crippen molar-refractivity contribution in [3.05, 3.63) is 35.9 Å². The Hall–Kier alpha value is -1.20. The molecule has 0 radical (unpaired) electrons. The van der Waals surface area contributed by atoms with E-state index in [1.54, 1.807) is 18.9 Å². The van der Waals surface area contributed by atoms with E-state index < -0.39 is 0 Å². The Labute approximate surface area is 106 Å². The summed E-state index contributed by atoms with van der Waals surface area (Å²) in [5, 5.41) is 11.9. The Morgan fingerprint density at radius 2 is 2.18 bits per heavy atom. The van der Waals surface area contributed by atoms with E-state index in [9.17, 15) is 0 Å². The van der Waals surface area contributed by atoms with Crippen molar-refractivity contribution in [1.82, 2.24) is 0 Å². The van der Waals surface area contributed by atoms with E-state index >= 15 is 0 Å². The van der Waals surface area contributed by atoms with Crippen LogP contribution in [0.3, 0.4) is 0 Å². The van der Waals surface area contributed by atoms with Crippen LogP contribution in [0.2, 0.25) is 0 Å². The fourth-order valence-corrected chi connectivity index (χ4v) is 2.50. The van der Waals surface area contributed by atoms with Gasteiger partial charge in [-0.3, -0.25) is 0 Å². The number of nitrogens with zero attached hydrogens (tertiary/aromatic N) is 1. The number of hydrogen-bond donors (Lipinski definition) is 2. The molecule has 3 N–H and O–H groups in total. The van der Waals surface area contributed by atoms with Crippen molar-refractivity contribution in [1.29, 1.82) is 0 Å². The number of methoxy groups -OCH3 is 1. The molecule has 1 rings (SSSR count). The molecule has 0 bridgehead atoms. The molecule has 5 heteroatoms. The van der Waals surface area contributed by atoms with Gasteiger partial charge in [0.25, 0.3) is 0 Å². The number of rotatable bonds is 7. The second-order valence-corrected chi connectivity index (χ2v) is 4.71. The number of hydrogen-bond acceptors (Lipinski definition) is 4. The summed E-state index contributed by atoms with van der Waals surface area (Å²) in [6.07, 6.45) is 0. The fraction of sp³-hybridized carbons (Fsp3) is 0.417. The fourth-order valence-electron chi connectivity index (χ4n) is 1.45. The quantitative estimate of drug-likeness (QED) is 0.256. The van der Waals surface area contributed by atoms with Gasteiger partial charge in [-0.05, 0) is 5.56 Å². The average molecular weight is 254 g/mol. The molecule has 1 unspecified atom stereocenters. The summed E-state index contributed by atoms with van der Waals surface area (Å²) in [7, 11) is 1.68. The van der Waals surface area contributed by atoms with Crippen molar-refractivity contribution in [3.8, 4) is 0 Å². The Bertz CT molecular complexity index is 344. The van der Waals surface area contributed by atoms with Crippen LogP contribution >= 0.6 is 11.8 Å². The van der Waals surface area contributed by atoms with Gasteiger partial charge in [-0.15, -0.1) is 0 Å². The van der Waals surface area contributed by atoms with E-state index in [1.165, 1.54) is 0 Å². The average Bonchev–Trinajstić information content (AvgIpc) is 2.39. The van der Waals surface area contributed by atoms with E-state index in [4.69, 9.17) is 15.7 Å². The van der Waals surface area contributed by atoms with Crippen LogP contribution in [0.1, 0.15) is 11.5 Å². The zero-order chi connectivity index (χ0) is 12.5. The van der Waals surface area contributed by atoms with Crippen molar-refractivity contribution in [2.45, 2.75) is 5.92 Å². The van der Waals surface area contributed by atoms with Crippen LogP contribution < -0.4 is 5.73 Å². The molecule has 1 aromatic rings. The Kier molecular flexibility index (Phi) is 6.50. The molecular weight excluding hydrogens is 236 g/mol. The number of amidine groups is 1. The van der Waals surface area contributed by atoms with Gasteiger partial charge < -0.3 is 15.7 Å². The molecule has 0 aliphatic rings. The number of benzene rings is 1. The van der Waals surface area contributed by atoms with E-state index in [0.29, 0.717) is 6.61 Å². The molecule has 0 aromatic heterocycles. The topological polar surface area (TPSA) is 67.8 Å². The highest BCUT2D eigenvalue weighted by Crippen LogP contribution is 2.21. The summed E-state index contributed by atoms with van der Waals surface area (Å²) in [6.45, 7) is 0.711. The third kappa shape index (κ3) is 4.66. The van der Waals surface area contributed by atoms with Crippen LogP contribution in [0.15, 0.2) is 35.5 Å². The third-order valence-electron chi connectivity index (χ3n) is 2.39.